The van der Waals surface area contributed by atoms with Crippen LogP contribution in [0.25, 0.3) is 0 Å². The van der Waals surface area contributed by atoms with Crippen molar-refractivity contribution in [2.24, 2.45) is 0 Å². The van der Waals surface area contributed by atoms with E-state index in [4.69, 9.17) is 0 Å². The van der Waals surface area contributed by atoms with Crippen LogP contribution in [0.1, 0.15) is 31.4 Å². The molecule has 0 aromatic carbocycles. The van der Waals surface area contributed by atoms with Gasteiger partial charge in [-0.05, 0) is 38.3 Å². The highest BCUT2D eigenvalue weighted by Gasteiger charge is 2.22. The van der Waals surface area contributed by atoms with Gasteiger partial charge in [0.15, 0.2) is 0 Å². The number of amides is 1. The molecule has 5 heteroatoms. The molecule has 1 aliphatic carbocycles. The fourth-order valence-corrected chi connectivity index (χ4v) is 1.49. The summed E-state index contributed by atoms with van der Waals surface area (Å²) in [4.78, 5) is 11.4. The molecule has 92 valence electrons. The van der Waals surface area contributed by atoms with E-state index in [9.17, 15) is 4.79 Å². The lowest BCUT2D eigenvalue weighted by molar-refractivity contribution is -0.121. The van der Waals surface area contributed by atoms with E-state index in [1.165, 1.54) is 0 Å². The summed E-state index contributed by atoms with van der Waals surface area (Å²) >= 11 is 0. The number of hydrogen-bond donors (Lipinski definition) is 2. The Bertz CT molecular complexity index is 373. The van der Waals surface area contributed by atoms with Crippen molar-refractivity contribution >= 4 is 11.7 Å². The number of anilines is 1. The Balaban J connectivity index is 1.59. The van der Waals surface area contributed by atoms with Crippen molar-refractivity contribution in [1.82, 2.24) is 15.5 Å². The SMILES string of the molecule is Cc1ccc(NCCCC(=O)NC2CC2)nn1. The Hall–Kier alpha value is -1.65. The van der Waals surface area contributed by atoms with Gasteiger partial charge in [0.2, 0.25) is 5.91 Å². The zero-order valence-electron chi connectivity index (χ0n) is 10.1. The van der Waals surface area contributed by atoms with Gasteiger partial charge in [-0.1, -0.05) is 0 Å². The van der Waals surface area contributed by atoms with E-state index < -0.39 is 0 Å². The maximum atomic E-state index is 11.4. The summed E-state index contributed by atoms with van der Waals surface area (Å²) in [5, 5.41) is 14.0. The minimum absolute atomic E-state index is 0.157. The van der Waals surface area contributed by atoms with Gasteiger partial charge >= 0.3 is 0 Å². The lowest BCUT2D eigenvalue weighted by Gasteiger charge is -2.05. The summed E-state index contributed by atoms with van der Waals surface area (Å²) in [6.45, 7) is 2.65. The predicted octanol–water partition coefficient (Wildman–Crippen LogP) is 1.26. The fraction of sp³-hybridized carbons (Fsp3) is 0.583. The molecule has 5 nitrogen and oxygen atoms in total. The second-order valence-electron chi connectivity index (χ2n) is 4.43. The van der Waals surface area contributed by atoms with Crippen LogP contribution in [0.5, 0.6) is 0 Å². The number of nitrogens with zero attached hydrogens (tertiary/aromatic N) is 2. The Morgan fingerprint density at radius 1 is 1.41 bits per heavy atom. The van der Waals surface area contributed by atoms with Crippen LogP contribution in [0, 0.1) is 6.92 Å². The molecule has 2 rings (SSSR count). The normalized spacial score (nSPS) is 14.4. The van der Waals surface area contributed by atoms with Gasteiger partial charge in [-0.3, -0.25) is 4.79 Å². The average Bonchev–Trinajstić information content (AvgIpc) is 3.11. The van der Waals surface area contributed by atoms with E-state index in [1.54, 1.807) is 0 Å². The first-order chi connectivity index (χ1) is 8.24. The number of nitrogens with one attached hydrogen (secondary N) is 2. The summed E-state index contributed by atoms with van der Waals surface area (Å²) in [7, 11) is 0. The van der Waals surface area contributed by atoms with Crippen LogP contribution in [0.3, 0.4) is 0 Å². The lowest BCUT2D eigenvalue weighted by Crippen LogP contribution is -2.25. The molecule has 0 saturated heterocycles. The zero-order valence-corrected chi connectivity index (χ0v) is 10.1. The summed E-state index contributed by atoms with van der Waals surface area (Å²) in [6, 6.07) is 4.26. The molecule has 1 amide bonds. The van der Waals surface area contributed by atoms with Crippen molar-refractivity contribution in [2.75, 3.05) is 11.9 Å². The van der Waals surface area contributed by atoms with Gasteiger partial charge in [0, 0.05) is 19.0 Å². The van der Waals surface area contributed by atoms with Gasteiger partial charge < -0.3 is 10.6 Å². The molecule has 1 aromatic rings. The first kappa shape index (κ1) is 11.8. The fourth-order valence-electron chi connectivity index (χ4n) is 1.49. The third kappa shape index (κ3) is 4.38. The summed E-state index contributed by atoms with van der Waals surface area (Å²) < 4.78 is 0. The Labute approximate surface area is 101 Å². The molecule has 1 aromatic heterocycles. The third-order valence-electron chi connectivity index (χ3n) is 2.63. The maximum absolute atomic E-state index is 11.4. The Morgan fingerprint density at radius 2 is 2.24 bits per heavy atom. The first-order valence-electron chi connectivity index (χ1n) is 6.07. The number of carbonyl (C=O) groups is 1. The molecule has 1 saturated carbocycles. The molecule has 0 atom stereocenters. The van der Waals surface area contributed by atoms with Gasteiger partial charge in [-0.25, -0.2) is 0 Å². The van der Waals surface area contributed by atoms with Crippen LogP contribution in [0.2, 0.25) is 0 Å². The topological polar surface area (TPSA) is 66.9 Å². The number of carbonyl (C=O) groups excluding carboxylic acids is 1. The molecule has 0 aliphatic heterocycles. The van der Waals surface area contributed by atoms with Crippen molar-refractivity contribution in [3.63, 3.8) is 0 Å². The number of hydrogen-bond acceptors (Lipinski definition) is 4. The van der Waals surface area contributed by atoms with Crippen LogP contribution in [-0.4, -0.2) is 28.7 Å². The summed E-state index contributed by atoms with van der Waals surface area (Å²) in [5.41, 5.74) is 0.902. The van der Waals surface area contributed by atoms with Gasteiger partial charge in [-0.15, -0.1) is 5.10 Å². The molecule has 0 spiro atoms. The van der Waals surface area contributed by atoms with E-state index in [0.717, 1.165) is 37.3 Å². The van der Waals surface area contributed by atoms with Crippen LogP contribution >= 0.6 is 0 Å². The minimum atomic E-state index is 0.157. The smallest absolute Gasteiger partial charge is 0.220 e. The minimum Gasteiger partial charge on any atom is -0.369 e. The van der Waals surface area contributed by atoms with Gasteiger partial charge in [0.05, 0.1) is 5.69 Å². The maximum Gasteiger partial charge on any atom is 0.220 e. The van der Waals surface area contributed by atoms with Crippen molar-refractivity contribution in [1.29, 1.82) is 0 Å². The van der Waals surface area contributed by atoms with Gasteiger partial charge in [0.1, 0.15) is 5.82 Å². The summed E-state index contributed by atoms with van der Waals surface area (Å²) in [5.74, 6) is 0.919. The molecule has 2 N–H and O–H groups in total. The highest BCUT2D eigenvalue weighted by atomic mass is 16.1. The molecule has 1 aliphatic rings. The second kappa shape index (κ2) is 5.61. The van der Waals surface area contributed by atoms with Crippen molar-refractivity contribution < 1.29 is 4.79 Å². The highest BCUT2D eigenvalue weighted by Crippen LogP contribution is 2.18. The molecule has 0 bridgehead atoms. The molecule has 1 heterocycles. The van der Waals surface area contributed by atoms with Crippen molar-refractivity contribution in [3.05, 3.63) is 17.8 Å². The quantitative estimate of drug-likeness (QED) is 0.727. The molecular weight excluding hydrogens is 216 g/mol. The first-order valence-corrected chi connectivity index (χ1v) is 6.07. The van der Waals surface area contributed by atoms with E-state index >= 15 is 0 Å². The zero-order chi connectivity index (χ0) is 12.1. The number of aryl methyl sites for hydroxylation is 1. The largest absolute Gasteiger partial charge is 0.369 e. The molecule has 17 heavy (non-hydrogen) atoms. The Morgan fingerprint density at radius 3 is 2.88 bits per heavy atom. The number of aromatic nitrogens is 2. The van der Waals surface area contributed by atoms with E-state index in [1.807, 2.05) is 19.1 Å². The highest BCUT2D eigenvalue weighted by molar-refractivity contribution is 5.76. The van der Waals surface area contributed by atoms with Crippen LogP contribution in [-0.2, 0) is 4.79 Å². The standard InChI is InChI=1S/C12H18N4O/c1-9-4-7-11(16-15-9)13-8-2-3-12(17)14-10-5-6-10/h4,7,10H,2-3,5-6,8H2,1H3,(H,13,16)(H,14,17). The second-order valence-corrected chi connectivity index (χ2v) is 4.43. The molecular formula is C12H18N4O. The average molecular weight is 234 g/mol. The summed E-state index contributed by atoms with van der Waals surface area (Å²) in [6.07, 6.45) is 3.67. The third-order valence-corrected chi connectivity index (χ3v) is 2.63. The van der Waals surface area contributed by atoms with Crippen molar-refractivity contribution in [3.8, 4) is 0 Å². The van der Waals surface area contributed by atoms with E-state index in [0.29, 0.717) is 12.5 Å². The molecule has 1 fully saturated rings. The van der Waals surface area contributed by atoms with Gasteiger partial charge in [0.25, 0.3) is 0 Å². The van der Waals surface area contributed by atoms with E-state index in [2.05, 4.69) is 20.8 Å². The number of rotatable bonds is 6. The monoisotopic (exact) mass is 234 g/mol. The molecule has 0 unspecified atom stereocenters. The van der Waals surface area contributed by atoms with Crippen LogP contribution in [0.4, 0.5) is 5.82 Å². The van der Waals surface area contributed by atoms with Crippen molar-refractivity contribution in [2.45, 2.75) is 38.6 Å². The Kier molecular flexibility index (Phi) is 3.90. The van der Waals surface area contributed by atoms with Crippen LogP contribution < -0.4 is 10.6 Å². The van der Waals surface area contributed by atoms with E-state index in [-0.39, 0.29) is 5.91 Å². The van der Waals surface area contributed by atoms with Crippen LogP contribution in [0.15, 0.2) is 12.1 Å². The lowest BCUT2D eigenvalue weighted by atomic mass is 10.3. The molecule has 0 radical (unpaired) electrons. The van der Waals surface area contributed by atoms with Gasteiger partial charge in [-0.2, -0.15) is 5.10 Å². The predicted molar refractivity (Wildman–Crippen MR) is 65.7 cm³/mol.